The third kappa shape index (κ3) is 3.44. The normalized spacial score (nSPS) is 29.4. The van der Waals surface area contributed by atoms with Gasteiger partial charge in [0.25, 0.3) is 0 Å². The first kappa shape index (κ1) is 12.9. The molecule has 1 N–H and O–H groups in total. The van der Waals surface area contributed by atoms with Crippen molar-refractivity contribution in [2.75, 3.05) is 26.8 Å². The molecule has 3 heteroatoms. The number of hydrogen-bond donors (Lipinski definition) is 1. The minimum absolute atomic E-state index is 0.536. The van der Waals surface area contributed by atoms with Crippen LogP contribution in [-0.2, 0) is 4.74 Å². The summed E-state index contributed by atoms with van der Waals surface area (Å²) < 4.78 is 5.59. The lowest BCUT2D eigenvalue weighted by atomic mass is 10.0. The molecule has 0 aromatic carbocycles. The van der Waals surface area contributed by atoms with Gasteiger partial charge in [0, 0.05) is 24.7 Å². The second-order valence-corrected chi connectivity index (χ2v) is 4.52. The Morgan fingerprint density at radius 2 is 2.20 bits per heavy atom. The van der Waals surface area contributed by atoms with Crippen molar-refractivity contribution in [1.29, 1.82) is 0 Å². The minimum Gasteiger partial charge on any atom is -0.380 e. The van der Waals surface area contributed by atoms with Crippen LogP contribution in [0.15, 0.2) is 0 Å². The zero-order valence-corrected chi connectivity index (χ0v) is 10.6. The minimum atomic E-state index is 0.536. The highest BCUT2D eigenvalue weighted by Crippen LogP contribution is 2.16. The van der Waals surface area contributed by atoms with Crippen molar-refractivity contribution in [3.63, 3.8) is 0 Å². The molecule has 0 spiro atoms. The molecule has 1 fully saturated rings. The van der Waals surface area contributed by atoms with E-state index in [2.05, 4.69) is 38.0 Å². The van der Waals surface area contributed by atoms with Gasteiger partial charge >= 0.3 is 0 Å². The van der Waals surface area contributed by atoms with Crippen LogP contribution in [-0.4, -0.2) is 49.8 Å². The van der Waals surface area contributed by atoms with E-state index in [9.17, 15) is 0 Å². The quantitative estimate of drug-likeness (QED) is 0.750. The topological polar surface area (TPSA) is 24.5 Å². The van der Waals surface area contributed by atoms with E-state index in [1.54, 1.807) is 0 Å². The van der Waals surface area contributed by atoms with E-state index < -0.39 is 0 Å². The van der Waals surface area contributed by atoms with E-state index >= 15 is 0 Å². The van der Waals surface area contributed by atoms with Crippen LogP contribution in [0.2, 0.25) is 0 Å². The average Bonchev–Trinajstić information content (AvgIpc) is 2.28. The van der Waals surface area contributed by atoms with Crippen LogP contribution in [0.3, 0.4) is 0 Å². The van der Waals surface area contributed by atoms with Crippen molar-refractivity contribution in [3.8, 4) is 0 Å². The van der Waals surface area contributed by atoms with Gasteiger partial charge in [0.15, 0.2) is 0 Å². The summed E-state index contributed by atoms with van der Waals surface area (Å²) in [4.78, 5) is 2.46. The fourth-order valence-corrected chi connectivity index (χ4v) is 2.24. The summed E-state index contributed by atoms with van der Waals surface area (Å²) in [5.41, 5.74) is 0. The molecular weight excluding hydrogens is 188 g/mol. The lowest BCUT2D eigenvalue weighted by molar-refractivity contribution is -0.00613. The number of ether oxygens (including phenoxy) is 1. The predicted molar refractivity (Wildman–Crippen MR) is 64.2 cm³/mol. The molecule has 90 valence electrons. The summed E-state index contributed by atoms with van der Waals surface area (Å²) in [5, 5.41) is 3.57. The molecule has 0 aromatic heterocycles. The van der Waals surface area contributed by atoms with Crippen LogP contribution >= 0.6 is 0 Å². The van der Waals surface area contributed by atoms with E-state index in [0.717, 1.165) is 26.2 Å². The van der Waals surface area contributed by atoms with Crippen molar-refractivity contribution >= 4 is 0 Å². The SMILES string of the molecule is CCNC1CCOCC1N(C)C(C)CC. The molecule has 0 radical (unpaired) electrons. The molecule has 1 aliphatic heterocycles. The number of nitrogens with zero attached hydrogens (tertiary/aromatic N) is 1. The fourth-order valence-electron chi connectivity index (χ4n) is 2.24. The number of rotatable bonds is 5. The Labute approximate surface area is 94.2 Å². The number of nitrogens with one attached hydrogen (secondary N) is 1. The van der Waals surface area contributed by atoms with Crippen molar-refractivity contribution in [2.45, 2.75) is 51.7 Å². The standard InChI is InChI=1S/C12H26N2O/c1-5-10(3)14(4)12-9-15-8-7-11(12)13-6-2/h10-13H,5-9H2,1-4H3. The highest BCUT2D eigenvalue weighted by molar-refractivity contribution is 4.87. The van der Waals surface area contributed by atoms with Crippen LogP contribution in [0, 0.1) is 0 Å². The molecule has 0 amide bonds. The Bertz CT molecular complexity index is 171. The van der Waals surface area contributed by atoms with Crippen molar-refractivity contribution in [3.05, 3.63) is 0 Å². The van der Waals surface area contributed by atoms with E-state index in [4.69, 9.17) is 4.74 Å². The highest BCUT2D eigenvalue weighted by Gasteiger charge is 2.29. The molecule has 15 heavy (non-hydrogen) atoms. The Morgan fingerprint density at radius 1 is 1.47 bits per heavy atom. The van der Waals surface area contributed by atoms with E-state index in [-0.39, 0.29) is 0 Å². The third-order valence-electron chi connectivity index (χ3n) is 3.60. The van der Waals surface area contributed by atoms with Gasteiger partial charge in [0.2, 0.25) is 0 Å². The summed E-state index contributed by atoms with van der Waals surface area (Å²) in [7, 11) is 2.22. The van der Waals surface area contributed by atoms with Gasteiger partial charge in [-0.1, -0.05) is 13.8 Å². The molecule has 3 nitrogen and oxygen atoms in total. The summed E-state index contributed by atoms with van der Waals surface area (Å²) in [6.45, 7) is 9.54. The summed E-state index contributed by atoms with van der Waals surface area (Å²) in [6, 6.07) is 1.77. The van der Waals surface area contributed by atoms with Gasteiger partial charge in [-0.2, -0.15) is 0 Å². The first-order valence-corrected chi connectivity index (χ1v) is 6.23. The predicted octanol–water partition coefficient (Wildman–Crippen LogP) is 1.48. The van der Waals surface area contributed by atoms with E-state index in [1.807, 2.05) is 0 Å². The Hall–Kier alpha value is -0.120. The van der Waals surface area contributed by atoms with Crippen LogP contribution in [0.4, 0.5) is 0 Å². The second kappa shape index (κ2) is 6.46. The average molecular weight is 214 g/mol. The van der Waals surface area contributed by atoms with Crippen LogP contribution < -0.4 is 5.32 Å². The van der Waals surface area contributed by atoms with E-state index in [1.165, 1.54) is 6.42 Å². The molecule has 0 bridgehead atoms. The molecular formula is C12H26N2O. The summed E-state index contributed by atoms with van der Waals surface area (Å²) in [6.07, 6.45) is 2.34. The maximum atomic E-state index is 5.59. The van der Waals surface area contributed by atoms with Gasteiger partial charge in [-0.25, -0.2) is 0 Å². The molecule has 1 saturated heterocycles. The van der Waals surface area contributed by atoms with Gasteiger partial charge in [-0.3, -0.25) is 4.90 Å². The van der Waals surface area contributed by atoms with Gasteiger partial charge in [-0.05, 0) is 33.4 Å². The number of likely N-dealkylation sites (N-methyl/N-ethyl adjacent to an activating group) is 2. The summed E-state index contributed by atoms with van der Waals surface area (Å²) >= 11 is 0. The molecule has 1 rings (SSSR count). The first-order chi connectivity index (χ1) is 7.20. The van der Waals surface area contributed by atoms with Crippen LogP contribution in [0.25, 0.3) is 0 Å². The van der Waals surface area contributed by atoms with E-state index in [0.29, 0.717) is 18.1 Å². The van der Waals surface area contributed by atoms with Crippen molar-refractivity contribution < 1.29 is 4.74 Å². The molecule has 0 aliphatic carbocycles. The van der Waals surface area contributed by atoms with Gasteiger partial charge < -0.3 is 10.1 Å². The maximum absolute atomic E-state index is 5.59. The van der Waals surface area contributed by atoms with Crippen LogP contribution in [0.5, 0.6) is 0 Å². The Balaban J connectivity index is 2.54. The first-order valence-electron chi connectivity index (χ1n) is 6.23. The molecule has 0 aromatic rings. The molecule has 0 saturated carbocycles. The van der Waals surface area contributed by atoms with Gasteiger partial charge in [0.05, 0.1) is 6.61 Å². The highest BCUT2D eigenvalue weighted by atomic mass is 16.5. The maximum Gasteiger partial charge on any atom is 0.0637 e. The zero-order chi connectivity index (χ0) is 11.3. The fraction of sp³-hybridized carbons (Fsp3) is 1.00. The Kier molecular flexibility index (Phi) is 5.58. The molecule has 1 aliphatic rings. The van der Waals surface area contributed by atoms with Gasteiger partial charge in [-0.15, -0.1) is 0 Å². The molecule has 3 atom stereocenters. The van der Waals surface area contributed by atoms with Crippen LogP contribution in [0.1, 0.15) is 33.6 Å². The number of hydrogen-bond acceptors (Lipinski definition) is 3. The largest absolute Gasteiger partial charge is 0.380 e. The lowest BCUT2D eigenvalue weighted by Gasteiger charge is -2.40. The summed E-state index contributed by atoms with van der Waals surface area (Å²) in [5.74, 6) is 0. The van der Waals surface area contributed by atoms with Crippen molar-refractivity contribution in [1.82, 2.24) is 10.2 Å². The smallest absolute Gasteiger partial charge is 0.0637 e. The Morgan fingerprint density at radius 3 is 2.80 bits per heavy atom. The second-order valence-electron chi connectivity index (χ2n) is 4.52. The van der Waals surface area contributed by atoms with Gasteiger partial charge in [0.1, 0.15) is 0 Å². The zero-order valence-electron chi connectivity index (χ0n) is 10.6. The molecule has 1 heterocycles. The lowest BCUT2D eigenvalue weighted by Crippen LogP contribution is -2.56. The third-order valence-corrected chi connectivity index (χ3v) is 3.60. The van der Waals surface area contributed by atoms with Crippen molar-refractivity contribution in [2.24, 2.45) is 0 Å². The monoisotopic (exact) mass is 214 g/mol. The molecule has 3 unspecified atom stereocenters.